The van der Waals surface area contributed by atoms with E-state index >= 15 is 0 Å². The molecule has 0 atom stereocenters. The van der Waals surface area contributed by atoms with E-state index in [2.05, 4.69) is 19.8 Å². The van der Waals surface area contributed by atoms with E-state index in [4.69, 9.17) is 11.6 Å². The molecule has 2 aromatic rings. The van der Waals surface area contributed by atoms with Gasteiger partial charge in [0, 0.05) is 0 Å². The van der Waals surface area contributed by atoms with Gasteiger partial charge in [0.1, 0.15) is 11.4 Å². The number of aryl methyl sites for hydroxylation is 1. The van der Waals surface area contributed by atoms with Gasteiger partial charge < -0.3 is 4.74 Å². The van der Waals surface area contributed by atoms with Crippen LogP contribution in [0.15, 0.2) is 6.20 Å². The zero-order valence-electron chi connectivity index (χ0n) is 8.06. The number of esters is 1. The molecule has 15 heavy (non-hydrogen) atoms. The molecule has 0 unspecified atom stereocenters. The molecule has 0 aliphatic rings. The Kier molecular flexibility index (Phi) is 2.28. The molecule has 2 rings (SSSR count). The molecule has 0 spiro atoms. The van der Waals surface area contributed by atoms with Crippen LogP contribution in [0.25, 0.3) is 5.65 Å². The lowest BCUT2D eigenvalue weighted by Crippen LogP contribution is -2.04. The van der Waals surface area contributed by atoms with Crippen LogP contribution in [0.4, 0.5) is 0 Å². The van der Waals surface area contributed by atoms with E-state index in [9.17, 15) is 4.79 Å². The van der Waals surface area contributed by atoms with Gasteiger partial charge in [-0.25, -0.2) is 14.8 Å². The largest absolute Gasteiger partial charge is 0.465 e. The highest BCUT2D eigenvalue weighted by Gasteiger charge is 2.16. The third-order valence-electron chi connectivity index (χ3n) is 1.85. The summed E-state index contributed by atoms with van der Waals surface area (Å²) in [6, 6.07) is 0. The van der Waals surface area contributed by atoms with E-state index in [0.29, 0.717) is 11.5 Å². The second-order valence-electron chi connectivity index (χ2n) is 2.83. The number of hydrogen-bond donors (Lipinski definition) is 0. The van der Waals surface area contributed by atoms with Crippen LogP contribution in [0.5, 0.6) is 0 Å². The van der Waals surface area contributed by atoms with Gasteiger partial charge in [-0.2, -0.15) is 9.61 Å². The number of fused-ring (bicyclic) bond motifs is 1. The zero-order chi connectivity index (χ0) is 11.0. The number of aromatic nitrogens is 4. The molecule has 6 nitrogen and oxygen atoms in total. The van der Waals surface area contributed by atoms with Crippen LogP contribution >= 0.6 is 11.6 Å². The zero-order valence-corrected chi connectivity index (χ0v) is 8.82. The van der Waals surface area contributed by atoms with E-state index < -0.39 is 5.97 Å². The van der Waals surface area contributed by atoms with E-state index in [1.54, 1.807) is 6.92 Å². The summed E-state index contributed by atoms with van der Waals surface area (Å²) in [5.74, 6) is -0.0303. The van der Waals surface area contributed by atoms with Crippen molar-refractivity contribution in [3.8, 4) is 0 Å². The minimum atomic E-state index is -0.501. The number of nitrogens with zero attached hydrogens (tertiary/aromatic N) is 4. The second kappa shape index (κ2) is 3.47. The Labute approximate surface area is 89.9 Å². The first-order valence-corrected chi connectivity index (χ1v) is 4.47. The van der Waals surface area contributed by atoms with Gasteiger partial charge in [0.05, 0.1) is 13.3 Å². The van der Waals surface area contributed by atoms with E-state index in [0.717, 1.165) is 0 Å². The molecule has 7 heteroatoms. The summed E-state index contributed by atoms with van der Waals surface area (Å²) in [6.07, 6.45) is 1.35. The van der Waals surface area contributed by atoms with Crippen molar-refractivity contribution in [1.29, 1.82) is 0 Å². The molecule has 0 aliphatic carbocycles. The predicted molar refractivity (Wildman–Crippen MR) is 51.9 cm³/mol. The highest BCUT2D eigenvalue weighted by molar-refractivity contribution is 6.28. The molecule has 0 aliphatic heterocycles. The lowest BCUT2D eigenvalue weighted by Gasteiger charge is -1.98. The molecule has 2 heterocycles. The van der Waals surface area contributed by atoms with E-state index in [1.165, 1.54) is 17.8 Å². The fraction of sp³-hybridized carbons (Fsp3) is 0.250. The molecule has 0 bridgehead atoms. The first-order valence-electron chi connectivity index (χ1n) is 4.09. The number of carbonyl (C=O) groups excluding carboxylic acids is 1. The Bertz CT molecular complexity index is 537. The highest BCUT2D eigenvalue weighted by atomic mass is 35.5. The van der Waals surface area contributed by atoms with Gasteiger partial charge in [-0.15, -0.1) is 0 Å². The Morgan fingerprint density at radius 1 is 1.53 bits per heavy atom. The molecule has 0 radical (unpaired) electrons. The summed E-state index contributed by atoms with van der Waals surface area (Å²) in [5.41, 5.74) is 0.615. The Morgan fingerprint density at radius 2 is 2.27 bits per heavy atom. The molecule has 0 aromatic carbocycles. The summed E-state index contributed by atoms with van der Waals surface area (Å²) in [6.45, 7) is 1.68. The number of ether oxygens (including phenoxy) is 1. The van der Waals surface area contributed by atoms with Crippen molar-refractivity contribution in [2.45, 2.75) is 6.92 Å². The molecule has 2 aromatic heterocycles. The molecule has 78 valence electrons. The van der Waals surface area contributed by atoms with Crippen LogP contribution < -0.4 is 0 Å². The third kappa shape index (κ3) is 1.52. The summed E-state index contributed by atoms with van der Waals surface area (Å²) in [4.78, 5) is 19.3. The maximum atomic E-state index is 11.3. The quantitative estimate of drug-likeness (QED) is 0.675. The number of rotatable bonds is 1. The van der Waals surface area contributed by atoms with Gasteiger partial charge in [-0.1, -0.05) is 0 Å². The van der Waals surface area contributed by atoms with Crippen molar-refractivity contribution < 1.29 is 9.53 Å². The normalized spacial score (nSPS) is 10.6. The standard InChI is InChI=1S/C8H7ClN4O2/c1-4-11-6-5(7(14)15-2)3-10-13(6)8(9)12-4/h3H,1-2H3. The van der Waals surface area contributed by atoms with Gasteiger partial charge in [0.15, 0.2) is 5.65 Å². The molecule has 0 N–H and O–H groups in total. The number of methoxy groups -OCH3 is 1. The Hall–Kier alpha value is -1.69. The Morgan fingerprint density at radius 3 is 2.93 bits per heavy atom. The monoisotopic (exact) mass is 226 g/mol. The number of halogens is 1. The molecular weight excluding hydrogens is 220 g/mol. The van der Waals surface area contributed by atoms with Gasteiger partial charge >= 0.3 is 5.97 Å². The maximum absolute atomic E-state index is 11.3. The molecular formula is C8H7ClN4O2. The second-order valence-corrected chi connectivity index (χ2v) is 3.16. The van der Waals surface area contributed by atoms with Crippen LogP contribution in [0.2, 0.25) is 5.28 Å². The van der Waals surface area contributed by atoms with Crippen molar-refractivity contribution in [3.05, 3.63) is 22.9 Å². The third-order valence-corrected chi connectivity index (χ3v) is 2.09. The van der Waals surface area contributed by atoms with Gasteiger partial charge in [0.2, 0.25) is 5.28 Å². The molecule has 0 amide bonds. The average Bonchev–Trinajstić information content (AvgIpc) is 2.60. The summed E-state index contributed by atoms with van der Waals surface area (Å²) in [5, 5.41) is 4.05. The SMILES string of the molecule is COC(=O)c1cnn2c(Cl)nc(C)nc12. The topological polar surface area (TPSA) is 69.4 Å². The van der Waals surface area contributed by atoms with Crippen LogP contribution in [-0.2, 0) is 4.74 Å². The minimum Gasteiger partial charge on any atom is -0.465 e. The fourth-order valence-corrected chi connectivity index (χ4v) is 1.44. The number of hydrogen-bond acceptors (Lipinski definition) is 5. The molecule has 0 saturated carbocycles. The van der Waals surface area contributed by atoms with E-state index in [1.807, 2.05) is 0 Å². The van der Waals surface area contributed by atoms with Crippen LogP contribution in [0.1, 0.15) is 16.2 Å². The first kappa shape index (κ1) is 9.85. The fourth-order valence-electron chi connectivity index (χ4n) is 1.20. The lowest BCUT2D eigenvalue weighted by atomic mass is 10.3. The van der Waals surface area contributed by atoms with Crippen molar-refractivity contribution in [3.63, 3.8) is 0 Å². The molecule has 0 saturated heterocycles. The lowest BCUT2D eigenvalue weighted by molar-refractivity contribution is 0.0602. The minimum absolute atomic E-state index is 0.160. The highest BCUT2D eigenvalue weighted by Crippen LogP contribution is 2.13. The van der Waals surface area contributed by atoms with E-state index in [-0.39, 0.29) is 10.8 Å². The summed E-state index contributed by atoms with van der Waals surface area (Å²) >= 11 is 5.82. The van der Waals surface area contributed by atoms with Crippen molar-refractivity contribution in [2.75, 3.05) is 7.11 Å². The Balaban J connectivity index is 2.74. The summed E-state index contributed by atoms with van der Waals surface area (Å²) in [7, 11) is 1.29. The van der Waals surface area contributed by atoms with Crippen molar-refractivity contribution >= 4 is 23.2 Å². The van der Waals surface area contributed by atoms with Crippen LogP contribution in [-0.4, -0.2) is 32.7 Å². The number of carbonyl (C=O) groups is 1. The predicted octanol–water partition coefficient (Wildman–Crippen LogP) is 0.873. The van der Waals surface area contributed by atoms with Crippen molar-refractivity contribution in [2.24, 2.45) is 0 Å². The average molecular weight is 227 g/mol. The maximum Gasteiger partial charge on any atom is 0.343 e. The molecule has 0 fully saturated rings. The van der Waals surface area contributed by atoms with Crippen LogP contribution in [0.3, 0.4) is 0 Å². The van der Waals surface area contributed by atoms with Gasteiger partial charge in [0.25, 0.3) is 0 Å². The van der Waals surface area contributed by atoms with Gasteiger partial charge in [-0.05, 0) is 18.5 Å². The van der Waals surface area contributed by atoms with Gasteiger partial charge in [-0.3, -0.25) is 0 Å². The van der Waals surface area contributed by atoms with Crippen LogP contribution in [0, 0.1) is 6.92 Å². The smallest absolute Gasteiger partial charge is 0.343 e. The summed E-state index contributed by atoms with van der Waals surface area (Å²) < 4.78 is 5.87. The first-order chi connectivity index (χ1) is 7.13. The van der Waals surface area contributed by atoms with Crippen molar-refractivity contribution in [1.82, 2.24) is 19.6 Å².